The Morgan fingerprint density at radius 3 is 1.98 bits per heavy atom. The molecule has 9 nitrogen and oxygen atoms in total. The average molecular weight is 594 g/mol. The van der Waals surface area contributed by atoms with Crippen molar-refractivity contribution in [2.75, 3.05) is 36.0 Å². The second-order valence-electron chi connectivity index (χ2n) is 9.70. The number of piperazine rings is 1. The minimum atomic E-state index is -4.96. The predicted octanol–water partition coefficient (Wildman–Crippen LogP) is 4.34. The molecule has 4 unspecified atom stereocenters. The highest BCUT2D eigenvalue weighted by Crippen LogP contribution is 2.35. The molecule has 1 saturated heterocycles. The highest BCUT2D eigenvalue weighted by Gasteiger charge is 2.41. The smallest absolute Gasteiger partial charge is 0.385 e. The summed E-state index contributed by atoms with van der Waals surface area (Å²) in [5, 5.41) is 29.2. The molecular formula is C27H25F6N7O2. The van der Waals surface area contributed by atoms with E-state index in [0.717, 1.165) is 29.7 Å². The van der Waals surface area contributed by atoms with Gasteiger partial charge in [-0.05, 0) is 46.3 Å². The third-order valence-corrected chi connectivity index (χ3v) is 7.07. The van der Waals surface area contributed by atoms with Gasteiger partial charge in [-0.3, -0.25) is 4.98 Å². The average Bonchev–Trinajstić information content (AvgIpc) is 3.55. The third-order valence-electron chi connectivity index (χ3n) is 7.07. The second kappa shape index (κ2) is 11.9. The molecule has 222 valence electrons. The first-order valence-corrected chi connectivity index (χ1v) is 12.8. The van der Waals surface area contributed by atoms with Crippen LogP contribution in [0.3, 0.4) is 0 Å². The van der Waals surface area contributed by atoms with Crippen molar-refractivity contribution in [1.82, 2.24) is 25.2 Å². The molecular weight excluding hydrogens is 568 g/mol. The number of anilines is 2. The molecule has 4 aromatic rings. The van der Waals surface area contributed by atoms with Crippen LogP contribution in [0, 0.1) is 5.82 Å². The van der Waals surface area contributed by atoms with Crippen LogP contribution in [0.5, 0.6) is 0 Å². The summed E-state index contributed by atoms with van der Waals surface area (Å²) in [5.74, 6) is -1.12. The molecule has 3 heterocycles. The molecule has 15 heteroatoms. The molecule has 1 aliphatic heterocycles. The lowest BCUT2D eigenvalue weighted by molar-refractivity contribution is -0.207. The summed E-state index contributed by atoms with van der Waals surface area (Å²) in [6.45, 7) is 2.14. The number of rotatable bonds is 8. The van der Waals surface area contributed by atoms with E-state index in [-0.39, 0.29) is 5.69 Å². The Labute approximate surface area is 235 Å². The highest BCUT2D eigenvalue weighted by atomic mass is 19.4. The van der Waals surface area contributed by atoms with Crippen LogP contribution in [0.25, 0.3) is 11.1 Å². The van der Waals surface area contributed by atoms with E-state index in [1.807, 2.05) is 29.2 Å². The number of alkyl halides is 5. The predicted molar refractivity (Wildman–Crippen MR) is 139 cm³/mol. The Morgan fingerprint density at radius 1 is 0.810 bits per heavy atom. The van der Waals surface area contributed by atoms with Crippen molar-refractivity contribution >= 4 is 11.4 Å². The minimum Gasteiger partial charge on any atom is -0.385 e. The monoisotopic (exact) mass is 593 g/mol. The lowest BCUT2D eigenvalue weighted by atomic mass is 10.0. The van der Waals surface area contributed by atoms with E-state index in [0.29, 0.717) is 42.1 Å². The van der Waals surface area contributed by atoms with Gasteiger partial charge in [0.1, 0.15) is 18.2 Å². The van der Waals surface area contributed by atoms with Crippen LogP contribution in [0.1, 0.15) is 29.8 Å². The Morgan fingerprint density at radius 2 is 1.43 bits per heavy atom. The molecule has 4 atom stereocenters. The molecule has 2 N–H and O–H groups in total. The summed E-state index contributed by atoms with van der Waals surface area (Å²) in [7, 11) is 0. The van der Waals surface area contributed by atoms with Gasteiger partial charge in [0.05, 0.1) is 5.69 Å². The standard InChI is InChI=1S/C27H25F6N7O2/c28-21-13-19(6-7-20(21)25(42)27(31,32)33)39-11-9-38(10-12-39)18-4-1-16(2-5-18)17-3-8-22(34-14-17)23(29)24(41)26(30)40-15-35-36-37-40/h1-8,13-15,23-26,41-42H,9-12H2. The molecule has 5 rings (SSSR count). The zero-order valence-electron chi connectivity index (χ0n) is 21.8. The van der Waals surface area contributed by atoms with Crippen LogP contribution < -0.4 is 9.80 Å². The molecule has 0 amide bonds. The number of aliphatic hydroxyl groups excluding tert-OH is 2. The van der Waals surface area contributed by atoms with Crippen LogP contribution in [0.15, 0.2) is 67.1 Å². The number of aromatic nitrogens is 5. The summed E-state index contributed by atoms with van der Waals surface area (Å²) in [6, 6.07) is 13.8. The van der Waals surface area contributed by atoms with Crippen LogP contribution in [-0.2, 0) is 0 Å². The van der Waals surface area contributed by atoms with Gasteiger partial charge >= 0.3 is 6.18 Å². The van der Waals surface area contributed by atoms with Gasteiger partial charge in [-0.1, -0.05) is 24.3 Å². The van der Waals surface area contributed by atoms with Gasteiger partial charge in [0.15, 0.2) is 12.3 Å². The first-order valence-electron chi connectivity index (χ1n) is 12.8. The Balaban J connectivity index is 1.18. The quantitative estimate of drug-likeness (QED) is 0.291. The molecule has 0 bridgehead atoms. The maximum atomic E-state index is 14.7. The van der Waals surface area contributed by atoms with Crippen LogP contribution in [0.4, 0.5) is 37.7 Å². The van der Waals surface area contributed by atoms with Crippen LogP contribution >= 0.6 is 0 Å². The SMILES string of the molecule is OC(C(F)c1ccc(-c2ccc(N3CCN(c4ccc(C(O)C(F)(F)F)c(F)c4)CC3)cc2)cn1)C(F)n1cnnn1. The number of benzene rings is 2. The van der Waals surface area contributed by atoms with Gasteiger partial charge in [0.25, 0.3) is 0 Å². The van der Waals surface area contributed by atoms with Crippen molar-refractivity contribution in [3.63, 3.8) is 0 Å². The second-order valence-corrected chi connectivity index (χ2v) is 9.70. The zero-order chi connectivity index (χ0) is 30.0. The molecule has 2 aromatic carbocycles. The molecule has 0 saturated carbocycles. The molecule has 2 aromatic heterocycles. The van der Waals surface area contributed by atoms with E-state index in [1.54, 1.807) is 6.07 Å². The summed E-state index contributed by atoms with van der Waals surface area (Å²) < 4.78 is 82.2. The van der Waals surface area contributed by atoms with Crippen molar-refractivity contribution in [1.29, 1.82) is 0 Å². The van der Waals surface area contributed by atoms with Gasteiger partial charge < -0.3 is 20.0 Å². The molecule has 0 aliphatic carbocycles. The maximum absolute atomic E-state index is 14.7. The Kier molecular flexibility index (Phi) is 8.31. The zero-order valence-corrected chi connectivity index (χ0v) is 21.8. The fourth-order valence-electron chi connectivity index (χ4n) is 4.69. The number of hydrogen-bond donors (Lipinski definition) is 2. The number of pyridine rings is 1. The largest absolute Gasteiger partial charge is 0.418 e. The maximum Gasteiger partial charge on any atom is 0.418 e. The van der Waals surface area contributed by atoms with Crippen molar-refractivity contribution in [3.05, 3.63) is 84.2 Å². The fraction of sp³-hybridized carbons (Fsp3) is 0.333. The number of tetrazole rings is 1. The van der Waals surface area contributed by atoms with Crippen molar-refractivity contribution in [2.45, 2.75) is 30.9 Å². The van der Waals surface area contributed by atoms with Crippen molar-refractivity contribution in [3.8, 4) is 11.1 Å². The Bertz CT molecular complexity index is 1460. The third kappa shape index (κ3) is 6.16. The van der Waals surface area contributed by atoms with Crippen molar-refractivity contribution in [2.24, 2.45) is 0 Å². The summed E-state index contributed by atoms with van der Waals surface area (Å²) in [4.78, 5) is 8.01. The summed E-state index contributed by atoms with van der Waals surface area (Å²) in [6.07, 6.45) is -11.9. The lowest BCUT2D eigenvalue weighted by Gasteiger charge is -2.37. The van der Waals surface area contributed by atoms with E-state index < -0.39 is 42.2 Å². The van der Waals surface area contributed by atoms with E-state index in [2.05, 4.69) is 25.4 Å². The number of aliphatic hydroxyl groups is 2. The molecule has 42 heavy (non-hydrogen) atoms. The van der Waals surface area contributed by atoms with E-state index in [1.165, 1.54) is 18.3 Å². The first kappa shape index (κ1) is 29.3. The van der Waals surface area contributed by atoms with E-state index >= 15 is 0 Å². The summed E-state index contributed by atoms with van der Waals surface area (Å²) >= 11 is 0. The van der Waals surface area contributed by atoms with Crippen molar-refractivity contribution < 1.29 is 36.6 Å². The van der Waals surface area contributed by atoms with Crippen LogP contribution in [0.2, 0.25) is 0 Å². The topological polar surface area (TPSA) is 103 Å². The highest BCUT2D eigenvalue weighted by molar-refractivity contribution is 5.66. The van der Waals surface area contributed by atoms with Gasteiger partial charge in [-0.15, -0.1) is 5.10 Å². The fourth-order valence-corrected chi connectivity index (χ4v) is 4.69. The lowest BCUT2D eigenvalue weighted by Crippen LogP contribution is -2.46. The molecule has 1 aliphatic rings. The summed E-state index contributed by atoms with van der Waals surface area (Å²) in [5.41, 5.74) is 1.85. The minimum absolute atomic E-state index is 0.150. The van der Waals surface area contributed by atoms with Gasteiger partial charge in [-0.2, -0.15) is 17.9 Å². The number of halogens is 6. The van der Waals surface area contributed by atoms with E-state index in [4.69, 9.17) is 0 Å². The van der Waals surface area contributed by atoms with Gasteiger partial charge in [0.2, 0.25) is 6.30 Å². The first-order chi connectivity index (χ1) is 20.0. The molecule has 0 spiro atoms. The van der Waals surface area contributed by atoms with Gasteiger partial charge in [0, 0.05) is 54.9 Å². The van der Waals surface area contributed by atoms with Crippen LogP contribution in [-0.4, -0.2) is 73.9 Å². The normalized spacial score (nSPS) is 17.1. The number of nitrogens with zero attached hydrogens (tertiary/aromatic N) is 7. The molecule has 1 fully saturated rings. The number of hydrogen-bond acceptors (Lipinski definition) is 8. The Hall–Kier alpha value is -4.24. The molecule has 0 radical (unpaired) electrons. The van der Waals surface area contributed by atoms with E-state index in [9.17, 15) is 36.6 Å². The van der Waals surface area contributed by atoms with Gasteiger partial charge in [-0.25, -0.2) is 13.2 Å².